The van der Waals surface area contributed by atoms with Crippen molar-refractivity contribution >= 4 is 11.4 Å². The van der Waals surface area contributed by atoms with Crippen molar-refractivity contribution in [1.82, 2.24) is 0 Å². The van der Waals surface area contributed by atoms with E-state index in [1.165, 1.54) is 22.8 Å². The monoisotopic (exact) mass is 212 g/mol. The van der Waals surface area contributed by atoms with Crippen LogP contribution in [0.5, 0.6) is 0 Å². The molecule has 0 bridgehead atoms. The van der Waals surface area contributed by atoms with Gasteiger partial charge in [0.2, 0.25) is 0 Å². The lowest BCUT2D eigenvalue weighted by molar-refractivity contribution is 0.863. The van der Waals surface area contributed by atoms with E-state index in [9.17, 15) is 0 Å². The van der Waals surface area contributed by atoms with Gasteiger partial charge >= 0.3 is 0 Å². The molecule has 2 nitrogen and oxygen atoms in total. The molecule has 1 heterocycles. The van der Waals surface area contributed by atoms with Gasteiger partial charge in [-0.15, -0.1) is 0 Å². The minimum absolute atomic E-state index is 1.05. The summed E-state index contributed by atoms with van der Waals surface area (Å²) in [5.41, 5.74) is 5.48. The fourth-order valence-electron chi connectivity index (χ4n) is 2.61. The Labute approximate surface area is 96.5 Å². The Balaban J connectivity index is 2.15. The summed E-state index contributed by atoms with van der Waals surface area (Å²) in [6.45, 7) is 0. The Bertz CT molecular complexity index is 442. The van der Waals surface area contributed by atoms with E-state index < -0.39 is 0 Å². The van der Waals surface area contributed by atoms with Crippen LogP contribution in [0.25, 0.3) is 0 Å². The van der Waals surface area contributed by atoms with E-state index in [0.717, 1.165) is 12.8 Å². The smallest absolute Gasteiger partial charge is 0.0647 e. The van der Waals surface area contributed by atoms with E-state index in [0.29, 0.717) is 0 Å². The van der Waals surface area contributed by atoms with Gasteiger partial charge < -0.3 is 9.80 Å². The zero-order valence-electron chi connectivity index (χ0n) is 9.77. The third-order valence-electron chi connectivity index (χ3n) is 3.54. The standard InChI is InChI=1S/C14H16N2/c1-15-11-7-3-5-9-13(11)16(2)14-10-6-4-8-12(14)15/h3-7,9H,8,10H2,1-2H3. The Hall–Kier alpha value is -1.70. The molecule has 2 heteroatoms. The van der Waals surface area contributed by atoms with Crippen LogP contribution < -0.4 is 9.80 Å². The zero-order chi connectivity index (χ0) is 11.1. The molecule has 0 spiro atoms. The summed E-state index contributed by atoms with van der Waals surface area (Å²) in [7, 11) is 4.33. The largest absolute Gasteiger partial charge is 0.345 e. The molecular formula is C14H16N2. The number of benzene rings is 1. The van der Waals surface area contributed by atoms with Crippen LogP contribution in [0.2, 0.25) is 0 Å². The van der Waals surface area contributed by atoms with Crippen LogP contribution in [0, 0.1) is 0 Å². The number of rotatable bonds is 0. The van der Waals surface area contributed by atoms with Gasteiger partial charge in [-0.1, -0.05) is 24.3 Å². The molecule has 0 saturated heterocycles. The van der Waals surface area contributed by atoms with E-state index in [-0.39, 0.29) is 0 Å². The van der Waals surface area contributed by atoms with Crippen LogP contribution in [-0.2, 0) is 0 Å². The molecule has 2 aliphatic rings. The summed E-state index contributed by atoms with van der Waals surface area (Å²) in [5.74, 6) is 0. The van der Waals surface area contributed by atoms with Gasteiger partial charge in [-0.25, -0.2) is 0 Å². The maximum Gasteiger partial charge on any atom is 0.0647 e. The fourth-order valence-corrected chi connectivity index (χ4v) is 2.61. The third-order valence-corrected chi connectivity index (χ3v) is 3.54. The van der Waals surface area contributed by atoms with Crippen LogP contribution in [0.4, 0.5) is 11.4 Å². The SMILES string of the molecule is CN1C2=C(CC=CC2)N(C)c2ccccc21. The minimum Gasteiger partial charge on any atom is -0.345 e. The van der Waals surface area contributed by atoms with Crippen molar-refractivity contribution in [3.05, 3.63) is 47.8 Å². The maximum atomic E-state index is 2.33. The second-order valence-electron chi connectivity index (χ2n) is 4.38. The van der Waals surface area contributed by atoms with E-state index >= 15 is 0 Å². The molecule has 0 unspecified atom stereocenters. The first kappa shape index (κ1) is 9.52. The lowest BCUT2D eigenvalue weighted by atomic mass is 10.0. The van der Waals surface area contributed by atoms with Crippen LogP contribution >= 0.6 is 0 Å². The highest BCUT2D eigenvalue weighted by atomic mass is 15.2. The minimum atomic E-state index is 1.05. The number of hydrogen-bond donors (Lipinski definition) is 0. The van der Waals surface area contributed by atoms with Gasteiger partial charge in [0.1, 0.15) is 0 Å². The molecule has 0 aromatic heterocycles. The normalized spacial score (nSPS) is 18.6. The molecule has 0 N–H and O–H groups in total. The topological polar surface area (TPSA) is 6.48 Å². The van der Waals surface area contributed by atoms with Gasteiger partial charge in [0, 0.05) is 38.3 Å². The highest BCUT2D eigenvalue weighted by molar-refractivity contribution is 5.78. The highest BCUT2D eigenvalue weighted by Gasteiger charge is 2.25. The second kappa shape index (κ2) is 3.41. The van der Waals surface area contributed by atoms with Crippen molar-refractivity contribution in [2.75, 3.05) is 23.9 Å². The maximum absolute atomic E-state index is 2.33. The van der Waals surface area contributed by atoms with E-state index in [1.807, 2.05) is 0 Å². The summed E-state index contributed by atoms with van der Waals surface area (Å²) in [5, 5.41) is 0. The molecule has 0 radical (unpaired) electrons. The quantitative estimate of drug-likeness (QED) is 0.610. The van der Waals surface area contributed by atoms with E-state index in [1.54, 1.807) is 0 Å². The first-order valence-corrected chi connectivity index (χ1v) is 5.72. The molecule has 0 fully saturated rings. The molecule has 1 aromatic rings. The highest BCUT2D eigenvalue weighted by Crippen LogP contribution is 2.40. The Morgan fingerprint density at radius 1 is 0.812 bits per heavy atom. The molecular weight excluding hydrogens is 196 g/mol. The molecule has 1 aliphatic carbocycles. The van der Waals surface area contributed by atoms with E-state index in [2.05, 4.69) is 60.3 Å². The average molecular weight is 212 g/mol. The third kappa shape index (κ3) is 1.19. The van der Waals surface area contributed by atoms with Gasteiger partial charge in [-0.2, -0.15) is 0 Å². The number of anilines is 2. The molecule has 82 valence electrons. The number of para-hydroxylation sites is 2. The van der Waals surface area contributed by atoms with Gasteiger partial charge in [0.25, 0.3) is 0 Å². The summed E-state index contributed by atoms with van der Waals surface area (Å²) in [6, 6.07) is 8.59. The first-order valence-electron chi connectivity index (χ1n) is 5.72. The predicted octanol–water partition coefficient (Wildman–Crippen LogP) is 3.13. The fraction of sp³-hybridized carbons (Fsp3) is 0.286. The van der Waals surface area contributed by atoms with Gasteiger partial charge in [0.05, 0.1) is 11.4 Å². The first-order chi connectivity index (χ1) is 7.79. The molecule has 0 atom stereocenters. The molecule has 1 aliphatic heterocycles. The van der Waals surface area contributed by atoms with Crippen LogP contribution in [0.3, 0.4) is 0 Å². The summed E-state index contributed by atoms with van der Waals surface area (Å²) >= 11 is 0. The number of nitrogens with zero attached hydrogens (tertiary/aromatic N) is 2. The second-order valence-corrected chi connectivity index (χ2v) is 4.38. The summed E-state index contributed by atoms with van der Waals surface area (Å²) in [6.07, 6.45) is 6.61. The summed E-state index contributed by atoms with van der Waals surface area (Å²) in [4.78, 5) is 4.66. The molecule has 0 amide bonds. The number of allylic oxidation sites excluding steroid dienone is 2. The van der Waals surface area contributed by atoms with Gasteiger partial charge in [-0.05, 0) is 12.1 Å². The van der Waals surface area contributed by atoms with Crippen molar-refractivity contribution in [3.63, 3.8) is 0 Å². The van der Waals surface area contributed by atoms with Crippen molar-refractivity contribution in [2.45, 2.75) is 12.8 Å². The van der Waals surface area contributed by atoms with Crippen molar-refractivity contribution in [3.8, 4) is 0 Å². The average Bonchev–Trinajstić information content (AvgIpc) is 2.36. The number of fused-ring (bicyclic) bond motifs is 1. The van der Waals surface area contributed by atoms with Crippen molar-refractivity contribution in [2.24, 2.45) is 0 Å². The Kier molecular flexibility index (Phi) is 2.03. The molecule has 3 rings (SSSR count). The van der Waals surface area contributed by atoms with Crippen LogP contribution in [0.1, 0.15) is 12.8 Å². The van der Waals surface area contributed by atoms with Crippen LogP contribution in [0.15, 0.2) is 47.8 Å². The van der Waals surface area contributed by atoms with Gasteiger partial charge in [-0.3, -0.25) is 0 Å². The molecule has 16 heavy (non-hydrogen) atoms. The van der Waals surface area contributed by atoms with E-state index in [4.69, 9.17) is 0 Å². The van der Waals surface area contributed by atoms with Crippen molar-refractivity contribution < 1.29 is 0 Å². The van der Waals surface area contributed by atoms with Gasteiger partial charge in [0.15, 0.2) is 0 Å². The lowest BCUT2D eigenvalue weighted by Crippen LogP contribution is -2.32. The molecule has 0 saturated carbocycles. The predicted molar refractivity (Wildman–Crippen MR) is 68.6 cm³/mol. The Morgan fingerprint density at radius 2 is 1.25 bits per heavy atom. The molecule has 1 aromatic carbocycles. The van der Waals surface area contributed by atoms with Crippen LogP contribution in [-0.4, -0.2) is 14.1 Å². The lowest BCUT2D eigenvalue weighted by Gasteiger charge is -2.39. The van der Waals surface area contributed by atoms with Crippen molar-refractivity contribution in [1.29, 1.82) is 0 Å². The zero-order valence-corrected chi connectivity index (χ0v) is 9.77. The Morgan fingerprint density at radius 3 is 1.69 bits per heavy atom. The number of hydrogen-bond acceptors (Lipinski definition) is 2. The summed E-state index contributed by atoms with van der Waals surface area (Å²) < 4.78 is 0.